The zero-order chi connectivity index (χ0) is 21.0. The Hall–Kier alpha value is -3.20. The van der Waals surface area contributed by atoms with Crippen molar-refractivity contribution in [1.82, 2.24) is 0 Å². The van der Waals surface area contributed by atoms with Gasteiger partial charge in [0.05, 0.1) is 30.0 Å². The van der Waals surface area contributed by atoms with Crippen LogP contribution in [0.2, 0.25) is 10.0 Å². The lowest BCUT2D eigenvalue weighted by molar-refractivity contribution is -0.112. The third-order valence-corrected chi connectivity index (χ3v) is 5.12. The largest absolute Gasteiger partial charge is 0.497 e. The summed E-state index contributed by atoms with van der Waals surface area (Å²) in [6, 6.07) is 16.0. The molecule has 0 saturated carbocycles. The number of carbonyl (C=O) groups is 1. The van der Waals surface area contributed by atoms with Crippen molar-refractivity contribution < 1.29 is 14.3 Å². The van der Waals surface area contributed by atoms with Gasteiger partial charge in [0.1, 0.15) is 23.1 Å². The Balaban J connectivity index is 2.08. The number of nitrogens with one attached hydrogen (secondary N) is 1. The Morgan fingerprint density at radius 1 is 1.10 bits per heavy atom. The smallest absolute Gasteiger partial charge is 0.266 e. The van der Waals surface area contributed by atoms with Gasteiger partial charge >= 0.3 is 0 Å². The van der Waals surface area contributed by atoms with Gasteiger partial charge in [0.25, 0.3) is 5.91 Å². The first kappa shape index (κ1) is 20.5. The van der Waals surface area contributed by atoms with Crippen LogP contribution in [0.25, 0.3) is 16.8 Å². The summed E-state index contributed by atoms with van der Waals surface area (Å²) >= 11 is 12.1. The molecule has 1 amide bonds. The average Bonchev–Trinajstić information content (AvgIpc) is 2.74. The minimum atomic E-state index is -0.612. The molecule has 5 nitrogen and oxygen atoms in total. The predicted octanol–water partition coefficient (Wildman–Crippen LogP) is 5.71. The van der Waals surface area contributed by atoms with E-state index in [1.165, 1.54) is 13.2 Å². The van der Waals surface area contributed by atoms with Crippen molar-refractivity contribution in [2.45, 2.75) is 0 Å². The Morgan fingerprint density at radius 2 is 1.86 bits per heavy atom. The number of carbonyl (C=O) groups excluding carboxylic acids is 1. The fourth-order valence-corrected chi connectivity index (χ4v) is 3.19. The number of methoxy groups -OCH3 is 2. The first-order valence-electron chi connectivity index (χ1n) is 8.50. The zero-order valence-corrected chi connectivity index (χ0v) is 17.1. The van der Waals surface area contributed by atoms with Crippen molar-refractivity contribution in [2.24, 2.45) is 0 Å². The van der Waals surface area contributed by atoms with Crippen LogP contribution >= 0.6 is 23.2 Å². The number of nitrogens with zero attached hydrogens (tertiary/aromatic N) is 1. The van der Waals surface area contributed by atoms with Gasteiger partial charge in [-0.05, 0) is 47.2 Å². The van der Waals surface area contributed by atoms with Gasteiger partial charge in [-0.1, -0.05) is 41.4 Å². The van der Waals surface area contributed by atoms with Gasteiger partial charge in [-0.15, -0.1) is 0 Å². The summed E-state index contributed by atoms with van der Waals surface area (Å²) in [6.07, 6.45) is 1.48. The van der Waals surface area contributed by atoms with Crippen molar-refractivity contribution in [3.8, 4) is 17.6 Å². The van der Waals surface area contributed by atoms with Crippen molar-refractivity contribution in [3.63, 3.8) is 0 Å². The number of amides is 1. The van der Waals surface area contributed by atoms with Gasteiger partial charge in [0.15, 0.2) is 0 Å². The highest BCUT2D eigenvalue weighted by Gasteiger charge is 2.15. The molecule has 0 aromatic heterocycles. The van der Waals surface area contributed by atoms with Crippen LogP contribution in [0.1, 0.15) is 5.56 Å². The number of halogens is 2. The van der Waals surface area contributed by atoms with E-state index < -0.39 is 5.91 Å². The number of ether oxygens (including phenoxy) is 2. The summed E-state index contributed by atoms with van der Waals surface area (Å²) in [4.78, 5) is 12.7. The van der Waals surface area contributed by atoms with Crippen LogP contribution in [0.15, 0.2) is 54.1 Å². The second-order valence-electron chi connectivity index (χ2n) is 5.99. The predicted molar refractivity (Wildman–Crippen MR) is 116 cm³/mol. The molecule has 29 heavy (non-hydrogen) atoms. The molecule has 0 spiro atoms. The summed E-state index contributed by atoms with van der Waals surface area (Å²) in [5, 5.41) is 14.4. The number of anilines is 1. The molecule has 3 aromatic rings. The van der Waals surface area contributed by atoms with E-state index in [0.29, 0.717) is 27.8 Å². The van der Waals surface area contributed by atoms with Gasteiger partial charge < -0.3 is 14.8 Å². The molecule has 0 heterocycles. The lowest BCUT2D eigenvalue weighted by atomic mass is 10.0. The molecule has 7 heteroatoms. The van der Waals surface area contributed by atoms with E-state index in [1.807, 2.05) is 30.3 Å². The first-order valence-corrected chi connectivity index (χ1v) is 9.26. The highest BCUT2D eigenvalue weighted by molar-refractivity contribution is 6.44. The van der Waals surface area contributed by atoms with E-state index in [0.717, 1.165) is 10.8 Å². The quantitative estimate of drug-likeness (QED) is 0.418. The summed E-state index contributed by atoms with van der Waals surface area (Å²) in [7, 11) is 3.09. The molecule has 0 unspecified atom stereocenters. The molecule has 3 rings (SSSR count). The van der Waals surface area contributed by atoms with Crippen molar-refractivity contribution in [1.29, 1.82) is 5.26 Å². The van der Waals surface area contributed by atoms with E-state index >= 15 is 0 Å². The Kier molecular flexibility index (Phi) is 6.28. The number of nitriles is 1. The van der Waals surface area contributed by atoms with E-state index in [1.54, 1.807) is 31.4 Å². The molecular weight excluding hydrogens is 411 g/mol. The third kappa shape index (κ3) is 4.29. The Labute approximate surface area is 178 Å². The molecule has 0 saturated heterocycles. The van der Waals surface area contributed by atoms with E-state index in [9.17, 15) is 10.1 Å². The van der Waals surface area contributed by atoms with Crippen LogP contribution < -0.4 is 14.8 Å². The lowest BCUT2D eigenvalue weighted by Gasteiger charge is -2.11. The Bertz CT molecular complexity index is 1160. The molecule has 0 fully saturated rings. The van der Waals surface area contributed by atoms with Crippen molar-refractivity contribution in [2.75, 3.05) is 19.5 Å². The van der Waals surface area contributed by atoms with E-state index in [-0.39, 0.29) is 10.6 Å². The molecule has 0 aliphatic carbocycles. The number of hydrogen-bond acceptors (Lipinski definition) is 4. The molecular formula is C22H16Cl2N2O3. The third-order valence-electron chi connectivity index (χ3n) is 4.30. The first-order chi connectivity index (χ1) is 14.0. The van der Waals surface area contributed by atoms with Gasteiger partial charge in [-0.2, -0.15) is 5.26 Å². The van der Waals surface area contributed by atoms with Gasteiger partial charge in [0, 0.05) is 5.56 Å². The summed E-state index contributed by atoms with van der Waals surface area (Å²) in [5.41, 5.74) is 0.791. The average molecular weight is 427 g/mol. The standard InChI is InChI=1S/C22H16Cl2N2O3/c1-28-15-8-6-13-7-9-20(29-2)17(16(13)11-15)10-14(12-25)22(27)26-19-5-3-4-18(23)21(19)24/h3-11H,1-2H3,(H,26,27)/b14-10+. The maximum absolute atomic E-state index is 12.7. The molecule has 0 aliphatic rings. The molecule has 3 aromatic carbocycles. The zero-order valence-electron chi connectivity index (χ0n) is 15.6. The van der Waals surface area contributed by atoms with Crippen LogP contribution in [-0.2, 0) is 4.79 Å². The highest BCUT2D eigenvalue weighted by Crippen LogP contribution is 2.33. The minimum absolute atomic E-state index is 0.116. The molecule has 1 N–H and O–H groups in total. The topological polar surface area (TPSA) is 71.3 Å². The van der Waals surface area contributed by atoms with Gasteiger partial charge in [0.2, 0.25) is 0 Å². The molecule has 0 atom stereocenters. The lowest BCUT2D eigenvalue weighted by Crippen LogP contribution is -2.14. The minimum Gasteiger partial charge on any atom is -0.497 e. The van der Waals surface area contributed by atoms with Gasteiger partial charge in [-0.3, -0.25) is 4.79 Å². The Morgan fingerprint density at radius 3 is 2.55 bits per heavy atom. The number of hydrogen-bond donors (Lipinski definition) is 1. The van der Waals surface area contributed by atoms with Crippen LogP contribution in [0, 0.1) is 11.3 Å². The van der Waals surface area contributed by atoms with Crippen LogP contribution in [0.3, 0.4) is 0 Å². The maximum Gasteiger partial charge on any atom is 0.266 e. The molecule has 0 bridgehead atoms. The maximum atomic E-state index is 12.7. The normalized spacial score (nSPS) is 11.1. The van der Waals surface area contributed by atoms with E-state index in [2.05, 4.69) is 5.32 Å². The summed E-state index contributed by atoms with van der Waals surface area (Å²) in [5.74, 6) is 0.555. The SMILES string of the molecule is COc1ccc2ccc(OC)c(/C=C(\C#N)C(=O)Nc3cccc(Cl)c3Cl)c2c1. The monoisotopic (exact) mass is 426 g/mol. The van der Waals surface area contributed by atoms with Crippen molar-refractivity contribution >= 4 is 51.6 Å². The molecule has 0 radical (unpaired) electrons. The van der Waals surface area contributed by atoms with E-state index in [4.69, 9.17) is 32.7 Å². The molecule has 146 valence electrons. The molecule has 0 aliphatic heterocycles. The fourth-order valence-electron chi connectivity index (χ4n) is 2.84. The van der Waals surface area contributed by atoms with Crippen molar-refractivity contribution in [3.05, 3.63) is 69.7 Å². The summed E-state index contributed by atoms with van der Waals surface area (Å²) in [6.45, 7) is 0. The number of benzene rings is 3. The van der Waals surface area contributed by atoms with Gasteiger partial charge in [-0.25, -0.2) is 0 Å². The number of rotatable bonds is 5. The highest BCUT2D eigenvalue weighted by atomic mass is 35.5. The second-order valence-corrected chi connectivity index (χ2v) is 6.78. The number of fused-ring (bicyclic) bond motifs is 1. The fraction of sp³-hybridized carbons (Fsp3) is 0.0909. The van der Waals surface area contributed by atoms with Crippen LogP contribution in [0.5, 0.6) is 11.5 Å². The summed E-state index contributed by atoms with van der Waals surface area (Å²) < 4.78 is 10.7. The van der Waals surface area contributed by atoms with Crippen LogP contribution in [0.4, 0.5) is 5.69 Å². The van der Waals surface area contributed by atoms with Crippen LogP contribution in [-0.4, -0.2) is 20.1 Å². The second kappa shape index (κ2) is 8.87.